The summed E-state index contributed by atoms with van der Waals surface area (Å²) in [6, 6.07) is 3.39. The molecular weight excluding hydrogens is 414 g/mol. The van der Waals surface area contributed by atoms with E-state index in [1.54, 1.807) is 0 Å². The van der Waals surface area contributed by atoms with E-state index < -0.39 is 67.9 Å². The van der Waals surface area contributed by atoms with Crippen LogP contribution in [0.3, 0.4) is 0 Å². The number of carboxylic acids is 1. The number of carbonyl (C=O) groups excluding carboxylic acids is 4. The molecule has 13 nitrogen and oxygen atoms in total. The molecule has 0 aromatic heterocycles. The Balaban J connectivity index is 2.35. The highest BCUT2D eigenvalue weighted by Gasteiger charge is 2.21. The highest BCUT2D eigenvalue weighted by atomic mass is 16.4. The summed E-state index contributed by atoms with van der Waals surface area (Å²) < 4.78 is 0. The standard InChI is InChI=1S/C18H25N5O8/c19-12(9-24)17(29)22-7-15(27)20-6-14(26)21-8-16(28)23-13(18(30)31)5-10-1-3-11(25)4-2-10/h1-4,12-13,24-25H,5-9,19H2,(H,20,27)(H,21,26)(H,22,29)(H,23,28)(H,30,31)/t12-,13-/m0/s1. The quantitative estimate of drug-likeness (QED) is 0.160. The average Bonchev–Trinajstić information content (AvgIpc) is 2.74. The number of phenols is 1. The number of aliphatic hydroxyl groups is 1. The molecule has 0 aliphatic heterocycles. The third-order valence-corrected chi connectivity index (χ3v) is 3.86. The third kappa shape index (κ3) is 10.0. The second kappa shape index (κ2) is 12.8. The zero-order chi connectivity index (χ0) is 23.4. The average molecular weight is 439 g/mol. The minimum absolute atomic E-state index is 0.0191. The molecule has 0 aliphatic rings. The Morgan fingerprint density at radius 2 is 1.39 bits per heavy atom. The van der Waals surface area contributed by atoms with Crippen LogP contribution in [-0.2, 0) is 30.4 Å². The van der Waals surface area contributed by atoms with Crippen LogP contribution in [-0.4, -0.2) is 83.2 Å². The van der Waals surface area contributed by atoms with Crippen molar-refractivity contribution in [2.45, 2.75) is 18.5 Å². The van der Waals surface area contributed by atoms with Crippen molar-refractivity contribution in [3.63, 3.8) is 0 Å². The molecule has 0 aliphatic carbocycles. The van der Waals surface area contributed by atoms with E-state index in [4.69, 9.17) is 10.8 Å². The van der Waals surface area contributed by atoms with Crippen molar-refractivity contribution in [2.75, 3.05) is 26.2 Å². The van der Waals surface area contributed by atoms with E-state index in [-0.39, 0.29) is 12.2 Å². The van der Waals surface area contributed by atoms with E-state index in [0.717, 1.165) is 0 Å². The van der Waals surface area contributed by atoms with Gasteiger partial charge >= 0.3 is 5.97 Å². The van der Waals surface area contributed by atoms with Crippen LogP contribution in [0.1, 0.15) is 5.56 Å². The highest BCUT2D eigenvalue weighted by molar-refractivity contribution is 5.91. The van der Waals surface area contributed by atoms with Crippen LogP contribution in [0.25, 0.3) is 0 Å². The van der Waals surface area contributed by atoms with Crippen LogP contribution in [0.2, 0.25) is 0 Å². The molecule has 0 bridgehead atoms. The van der Waals surface area contributed by atoms with Crippen LogP contribution >= 0.6 is 0 Å². The number of carboxylic acid groups (broad SMARTS) is 1. The van der Waals surface area contributed by atoms with Crippen molar-refractivity contribution in [1.29, 1.82) is 0 Å². The Labute approximate surface area is 177 Å². The molecule has 0 fully saturated rings. The molecule has 170 valence electrons. The number of phenolic OH excluding ortho intramolecular Hbond substituents is 1. The summed E-state index contributed by atoms with van der Waals surface area (Å²) in [5.74, 6) is -4.16. The molecule has 1 aromatic rings. The maximum Gasteiger partial charge on any atom is 0.326 e. The van der Waals surface area contributed by atoms with E-state index >= 15 is 0 Å². The lowest BCUT2D eigenvalue weighted by Gasteiger charge is -2.15. The molecule has 9 N–H and O–H groups in total. The zero-order valence-electron chi connectivity index (χ0n) is 16.5. The lowest BCUT2D eigenvalue weighted by atomic mass is 10.1. The number of carbonyl (C=O) groups is 5. The Kier molecular flexibility index (Phi) is 10.4. The molecule has 1 aromatic carbocycles. The van der Waals surface area contributed by atoms with E-state index in [9.17, 15) is 34.2 Å². The maximum atomic E-state index is 11.9. The summed E-state index contributed by atoms with van der Waals surface area (Å²) >= 11 is 0. The van der Waals surface area contributed by atoms with Gasteiger partial charge in [-0.25, -0.2) is 4.79 Å². The molecule has 13 heteroatoms. The van der Waals surface area contributed by atoms with Crippen molar-refractivity contribution in [3.05, 3.63) is 29.8 Å². The monoisotopic (exact) mass is 439 g/mol. The smallest absolute Gasteiger partial charge is 0.326 e. The van der Waals surface area contributed by atoms with Gasteiger partial charge in [0.15, 0.2) is 0 Å². The molecule has 1 rings (SSSR count). The van der Waals surface area contributed by atoms with Crippen molar-refractivity contribution < 1.29 is 39.3 Å². The van der Waals surface area contributed by atoms with Gasteiger partial charge in [-0.1, -0.05) is 12.1 Å². The number of amides is 4. The van der Waals surface area contributed by atoms with Gasteiger partial charge in [-0.3, -0.25) is 19.2 Å². The normalized spacial score (nSPS) is 12.2. The molecule has 0 spiro atoms. The second-order valence-electron chi connectivity index (χ2n) is 6.39. The predicted molar refractivity (Wildman–Crippen MR) is 105 cm³/mol. The minimum atomic E-state index is -1.28. The predicted octanol–water partition coefficient (Wildman–Crippen LogP) is -3.83. The Hall–Kier alpha value is -3.71. The van der Waals surface area contributed by atoms with Crippen molar-refractivity contribution in [3.8, 4) is 5.75 Å². The lowest BCUT2D eigenvalue weighted by Crippen LogP contribution is -2.49. The summed E-state index contributed by atoms with van der Waals surface area (Å²) in [5, 5.41) is 36.0. The SMILES string of the molecule is N[C@@H](CO)C(=O)NCC(=O)NCC(=O)NCC(=O)N[C@@H](Cc1ccc(O)cc1)C(=O)O. The van der Waals surface area contributed by atoms with Crippen LogP contribution in [0.15, 0.2) is 24.3 Å². The summed E-state index contributed by atoms with van der Waals surface area (Å²) in [5.41, 5.74) is 5.83. The Bertz CT molecular complexity index is 799. The van der Waals surface area contributed by atoms with Crippen molar-refractivity contribution in [2.24, 2.45) is 5.73 Å². The minimum Gasteiger partial charge on any atom is -0.508 e. The molecule has 2 atom stereocenters. The lowest BCUT2D eigenvalue weighted by molar-refractivity contribution is -0.141. The zero-order valence-corrected chi connectivity index (χ0v) is 16.5. The number of hydrogen-bond donors (Lipinski definition) is 8. The first kappa shape index (κ1) is 25.3. The molecule has 0 heterocycles. The first-order valence-electron chi connectivity index (χ1n) is 9.10. The molecular formula is C18H25N5O8. The number of nitrogens with one attached hydrogen (secondary N) is 4. The Morgan fingerprint density at radius 1 is 0.871 bits per heavy atom. The molecule has 0 radical (unpaired) electrons. The van der Waals surface area contributed by atoms with Gasteiger partial charge < -0.3 is 42.3 Å². The third-order valence-electron chi connectivity index (χ3n) is 3.86. The van der Waals surface area contributed by atoms with Gasteiger partial charge in [-0.05, 0) is 17.7 Å². The van der Waals surface area contributed by atoms with Gasteiger partial charge in [0.2, 0.25) is 23.6 Å². The van der Waals surface area contributed by atoms with Crippen LogP contribution < -0.4 is 27.0 Å². The number of aromatic hydroxyl groups is 1. The van der Waals surface area contributed by atoms with Gasteiger partial charge in [0.1, 0.15) is 17.8 Å². The summed E-state index contributed by atoms with van der Waals surface area (Å²) in [7, 11) is 0. The van der Waals surface area contributed by atoms with Crippen LogP contribution in [0, 0.1) is 0 Å². The second-order valence-corrected chi connectivity index (χ2v) is 6.39. The first-order chi connectivity index (χ1) is 14.6. The van der Waals surface area contributed by atoms with Gasteiger partial charge in [0, 0.05) is 6.42 Å². The summed E-state index contributed by atoms with van der Waals surface area (Å²) in [6.45, 7) is -2.05. The van der Waals surface area contributed by atoms with E-state index in [0.29, 0.717) is 5.56 Å². The van der Waals surface area contributed by atoms with Crippen LogP contribution in [0.5, 0.6) is 5.75 Å². The van der Waals surface area contributed by atoms with Gasteiger partial charge in [-0.15, -0.1) is 0 Å². The number of nitrogens with two attached hydrogens (primary N) is 1. The summed E-state index contributed by atoms with van der Waals surface area (Å²) in [4.78, 5) is 57.8. The van der Waals surface area contributed by atoms with Gasteiger partial charge in [-0.2, -0.15) is 0 Å². The number of aliphatic hydroxyl groups excluding tert-OH is 1. The summed E-state index contributed by atoms with van der Waals surface area (Å²) in [6.07, 6.45) is -0.0307. The maximum absolute atomic E-state index is 11.9. The van der Waals surface area contributed by atoms with E-state index in [1.165, 1.54) is 24.3 Å². The molecule has 31 heavy (non-hydrogen) atoms. The van der Waals surface area contributed by atoms with Crippen LogP contribution in [0.4, 0.5) is 0 Å². The highest BCUT2D eigenvalue weighted by Crippen LogP contribution is 2.11. The number of hydrogen-bond acceptors (Lipinski definition) is 8. The van der Waals surface area contributed by atoms with Gasteiger partial charge in [0.25, 0.3) is 0 Å². The molecule has 4 amide bonds. The van der Waals surface area contributed by atoms with E-state index in [1.807, 2.05) is 0 Å². The first-order valence-corrected chi connectivity index (χ1v) is 9.10. The fourth-order valence-corrected chi connectivity index (χ4v) is 2.18. The number of benzene rings is 1. The van der Waals surface area contributed by atoms with Crippen molar-refractivity contribution >= 4 is 29.6 Å². The Morgan fingerprint density at radius 3 is 1.90 bits per heavy atom. The molecule has 0 saturated heterocycles. The topological polar surface area (TPSA) is 220 Å². The number of aliphatic carboxylic acids is 1. The van der Waals surface area contributed by atoms with E-state index in [2.05, 4.69) is 21.3 Å². The largest absolute Gasteiger partial charge is 0.508 e. The molecule has 0 unspecified atom stereocenters. The molecule has 0 saturated carbocycles. The fourth-order valence-electron chi connectivity index (χ4n) is 2.18. The number of rotatable bonds is 12. The fraction of sp³-hybridized carbons (Fsp3) is 0.389. The van der Waals surface area contributed by atoms with Crippen molar-refractivity contribution in [1.82, 2.24) is 21.3 Å². The van der Waals surface area contributed by atoms with Gasteiger partial charge in [0.05, 0.1) is 26.2 Å².